The van der Waals surface area contributed by atoms with Gasteiger partial charge in [0.15, 0.2) is 5.79 Å². The third kappa shape index (κ3) is 6.87. The minimum Gasteiger partial charge on any atom is -0.491 e. The van der Waals surface area contributed by atoms with E-state index in [9.17, 15) is 14.7 Å². The van der Waals surface area contributed by atoms with Gasteiger partial charge in [0.2, 0.25) is 0 Å². The topological polar surface area (TPSA) is 91.3 Å². The Labute approximate surface area is 194 Å². The Hall–Kier alpha value is -2.74. The largest absolute Gasteiger partial charge is 0.491 e. The lowest BCUT2D eigenvalue weighted by Crippen LogP contribution is -2.32. The summed E-state index contributed by atoms with van der Waals surface area (Å²) in [6.45, 7) is 7.92. The summed E-state index contributed by atoms with van der Waals surface area (Å²) < 4.78 is 23.8. The van der Waals surface area contributed by atoms with Gasteiger partial charge in [-0.05, 0) is 44.0 Å². The summed E-state index contributed by atoms with van der Waals surface area (Å²) in [5, 5.41) is 9.35. The van der Waals surface area contributed by atoms with E-state index in [4.69, 9.17) is 18.9 Å². The number of hydrogen-bond acceptors (Lipinski definition) is 6. The molecule has 1 fully saturated rings. The van der Waals surface area contributed by atoms with Crippen molar-refractivity contribution in [3.8, 4) is 5.75 Å². The fourth-order valence-corrected chi connectivity index (χ4v) is 4.04. The van der Waals surface area contributed by atoms with Gasteiger partial charge in [-0.25, -0.2) is 0 Å². The molecule has 2 aromatic rings. The molecule has 1 heterocycles. The number of aliphatic carboxylic acids is 1. The SMILES string of the molecule is CC(=O)C(C(=O)O)C(C)c1ccc(OCC2OC(C)(C)OC2COCc2ccccc2)cc1. The van der Waals surface area contributed by atoms with Crippen LogP contribution in [0.25, 0.3) is 0 Å². The van der Waals surface area contributed by atoms with Gasteiger partial charge >= 0.3 is 5.97 Å². The van der Waals surface area contributed by atoms with Gasteiger partial charge in [-0.2, -0.15) is 0 Å². The highest BCUT2D eigenvalue weighted by Gasteiger charge is 2.41. The molecule has 7 heteroatoms. The maximum atomic E-state index is 11.7. The molecule has 1 aliphatic rings. The lowest BCUT2D eigenvalue weighted by molar-refractivity contribution is -0.153. The number of ketones is 1. The highest BCUT2D eigenvalue weighted by molar-refractivity contribution is 5.97. The van der Waals surface area contributed by atoms with Crippen molar-refractivity contribution < 1.29 is 33.6 Å². The Kier molecular flexibility index (Phi) is 8.24. The van der Waals surface area contributed by atoms with Crippen LogP contribution in [0.2, 0.25) is 0 Å². The van der Waals surface area contributed by atoms with Crippen LogP contribution in [0.3, 0.4) is 0 Å². The minimum absolute atomic E-state index is 0.269. The molecule has 0 aliphatic carbocycles. The fourth-order valence-electron chi connectivity index (χ4n) is 4.04. The summed E-state index contributed by atoms with van der Waals surface area (Å²) in [7, 11) is 0. The number of carboxylic acids is 1. The molecular weight excluding hydrogens is 424 g/mol. The average Bonchev–Trinajstić information content (AvgIpc) is 3.06. The van der Waals surface area contributed by atoms with E-state index in [1.807, 2.05) is 44.2 Å². The smallest absolute Gasteiger partial charge is 0.314 e. The van der Waals surface area contributed by atoms with Crippen molar-refractivity contribution >= 4 is 11.8 Å². The Morgan fingerprint density at radius 1 is 1.00 bits per heavy atom. The second kappa shape index (κ2) is 10.9. The van der Waals surface area contributed by atoms with E-state index in [0.717, 1.165) is 11.1 Å². The number of carbonyl (C=O) groups excluding carboxylic acids is 1. The first kappa shape index (κ1) is 24.9. The van der Waals surface area contributed by atoms with Gasteiger partial charge in [-0.15, -0.1) is 0 Å². The number of ether oxygens (including phenoxy) is 4. The van der Waals surface area contributed by atoms with Crippen LogP contribution in [0.15, 0.2) is 54.6 Å². The molecule has 178 valence electrons. The summed E-state index contributed by atoms with van der Waals surface area (Å²) in [6, 6.07) is 17.0. The third-order valence-electron chi connectivity index (χ3n) is 5.70. The predicted molar refractivity (Wildman–Crippen MR) is 122 cm³/mol. The van der Waals surface area contributed by atoms with Crippen LogP contribution in [-0.4, -0.2) is 48.1 Å². The number of carbonyl (C=O) groups is 2. The second-order valence-corrected chi connectivity index (χ2v) is 8.81. The quantitative estimate of drug-likeness (QED) is 0.507. The van der Waals surface area contributed by atoms with Crippen LogP contribution in [-0.2, 0) is 30.4 Å². The van der Waals surface area contributed by atoms with Crippen molar-refractivity contribution in [2.75, 3.05) is 13.2 Å². The van der Waals surface area contributed by atoms with E-state index < -0.39 is 23.6 Å². The molecule has 7 nitrogen and oxygen atoms in total. The first-order valence-electron chi connectivity index (χ1n) is 11.1. The van der Waals surface area contributed by atoms with Crippen LogP contribution in [0.1, 0.15) is 44.7 Å². The molecule has 0 bridgehead atoms. The van der Waals surface area contributed by atoms with E-state index in [1.165, 1.54) is 6.92 Å². The van der Waals surface area contributed by atoms with E-state index in [1.54, 1.807) is 31.2 Å². The van der Waals surface area contributed by atoms with Gasteiger partial charge in [0.1, 0.15) is 36.3 Å². The van der Waals surface area contributed by atoms with Crippen molar-refractivity contribution in [3.05, 3.63) is 65.7 Å². The lowest BCUT2D eigenvalue weighted by atomic mass is 9.85. The highest BCUT2D eigenvalue weighted by Crippen LogP contribution is 2.30. The van der Waals surface area contributed by atoms with Crippen molar-refractivity contribution in [1.82, 2.24) is 0 Å². The molecule has 3 rings (SSSR count). The summed E-state index contributed by atoms with van der Waals surface area (Å²) in [6.07, 6.45) is -0.571. The minimum atomic E-state index is -1.11. The molecule has 0 spiro atoms. The first-order valence-corrected chi connectivity index (χ1v) is 11.1. The van der Waals surface area contributed by atoms with Gasteiger partial charge in [0, 0.05) is 5.92 Å². The van der Waals surface area contributed by atoms with E-state index >= 15 is 0 Å². The van der Waals surface area contributed by atoms with Gasteiger partial charge in [0.25, 0.3) is 0 Å². The van der Waals surface area contributed by atoms with E-state index in [0.29, 0.717) is 19.0 Å². The van der Waals surface area contributed by atoms with E-state index in [-0.39, 0.29) is 24.6 Å². The fraction of sp³-hybridized carbons (Fsp3) is 0.462. The third-order valence-corrected chi connectivity index (χ3v) is 5.70. The Bertz CT molecular complexity index is 909. The lowest BCUT2D eigenvalue weighted by Gasteiger charge is -2.19. The summed E-state index contributed by atoms with van der Waals surface area (Å²) in [5.74, 6) is -3.09. The molecule has 0 aromatic heterocycles. The number of benzene rings is 2. The van der Waals surface area contributed by atoms with Crippen molar-refractivity contribution in [2.24, 2.45) is 5.92 Å². The molecule has 4 atom stereocenters. The molecule has 0 radical (unpaired) electrons. The van der Waals surface area contributed by atoms with Crippen molar-refractivity contribution in [1.29, 1.82) is 0 Å². The van der Waals surface area contributed by atoms with Crippen LogP contribution in [0.4, 0.5) is 0 Å². The zero-order valence-corrected chi connectivity index (χ0v) is 19.5. The van der Waals surface area contributed by atoms with Crippen LogP contribution in [0.5, 0.6) is 5.75 Å². The highest BCUT2D eigenvalue weighted by atomic mass is 16.8. The van der Waals surface area contributed by atoms with Gasteiger partial charge in [-0.1, -0.05) is 49.4 Å². The van der Waals surface area contributed by atoms with Gasteiger partial charge in [0.05, 0.1) is 13.2 Å². The summed E-state index contributed by atoms with van der Waals surface area (Å²) in [5.41, 5.74) is 1.85. The zero-order valence-electron chi connectivity index (χ0n) is 19.5. The van der Waals surface area contributed by atoms with Crippen LogP contribution < -0.4 is 4.74 Å². The van der Waals surface area contributed by atoms with Crippen LogP contribution >= 0.6 is 0 Å². The molecule has 0 amide bonds. The van der Waals surface area contributed by atoms with Gasteiger partial charge < -0.3 is 24.1 Å². The molecule has 2 aromatic carbocycles. The summed E-state index contributed by atoms with van der Waals surface area (Å²) >= 11 is 0. The second-order valence-electron chi connectivity index (χ2n) is 8.81. The number of hydrogen-bond donors (Lipinski definition) is 1. The monoisotopic (exact) mass is 456 g/mol. The molecular formula is C26H32O7. The maximum Gasteiger partial charge on any atom is 0.314 e. The number of Topliss-reactive ketones (excluding diaryl/α,β-unsaturated/α-hetero) is 1. The first-order chi connectivity index (χ1) is 15.7. The average molecular weight is 457 g/mol. The molecule has 1 N–H and O–H groups in total. The standard InChI is InChI=1S/C26H32O7/c1-17(24(18(2)27)25(28)29)20-10-12-21(13-11-20)31-16-23-22(32-26(3,4)33-23)15-30-14-19-8-6-5-7-9-19/h5-13,17,22-24H,14-16H2,1-4H3,(H,28,29). The van der Waals surface area contributed by atoms with Gasteiger partial charge in [-0.3, -0.25) is 9.59 Å². The van der Waals surface area contributed by atoms with Crippen LogP contribution in [0, 0.1) is 5.92 Å². The van der Waals surface area contributed by atoms with Crippen molar-refractivity contribution in [3.63, 3.8) is 0 Å². The molecule has 33 heavy (non-hydrogen) atoms. The molecule has 0 saturated carbocycles. The Balaban J connectivity index is 1.55. The summed E-state index contributed by atoms with van der Waals surface area (Å²) in [4.78, 5) is 23.1. The molecule has 1 saturated heterocycles. The van der Waals surface area contributed by atoms with E-state index in [2.05, 4.69) is 0 Å². The molecule has 4 unspecified atom stereocenters. The normalized spacial score (nSPS) is 21.3. The molecule has 1 aliphatic heterocycles. The Morgan fingerprint density at radius 3 is 2.18 bits per heavy atom. The number of rotatable bonds is 11. The van der Waals surface area contributed by atoms with Crippen molar-refractivity contribution in [2.45, 2.75) is 58.2 Å². The zero-order chi connectivity index (χ0) is 24.0. The Morgan fingerprint density at radius 2 is 1.61 bits per heavy atom. The number of carboxylic acid groups (broad SMARTS) is 1. The maximum absolute atomic E-state index is 11.7. The predicted octanol–water partition coefficient (Wildman–Crippen LogP) is 4.20.